The number of amides is 1. The molecule has 0 saturated heterocycles. The van der Waals surface area contributed by atoms with Crippen molar-refractivity contribution in [1.82, 2.24) is 4.90 Å². The third-order valence-corrected chi connectivity index (χ3v) is 2.17. The minimum absolute atomic E-state index is 0. The zero-order valence-electron chi connectivity index (χ0n) is 10.8. The second-order valence-electron chi connectivity index (χ2n) is 3.98. The Bertz CT molecular complexity index is 432. The number of nitrogens with zero attached hydrogens (tertiary/aromatic N) is 2. The molecular formula is C12H19IN4O. The summed E-state index contributed by atoms with van der Waals surface area (Å²) >= 11 is 0. The maximum absolute atomic E-state index is 11.3. The molecular weight excluding hydrogens is 343 g/mol. The normalized spacial score (nSPS) is 10.5. The van der Waals surface area contributed by atoms with Gasteiger partial charge in [-0.1, -0.05) is 12.1 Å². The first-order chi connectivity index (χ1) is 7.99. The zero-order chi connectivity index (χ0) is 12.8. The van der Waals surface area contributed by atoms with Crippen LogP contribution in [-0.2, 0) is 4.79 Å². The van der Waals surface area contributed by atoms with Crippen molar-refractivity contribution in [2.24, 2.45) is 10.7 Å². The number of aliphatic imine (C=N–C) groups is 1. The molecule has 0 aromatic heterocycles. The Morgan fingerprint density at radius 3 is 2.67 bits per heavy atom. The third kappa shape index (κ3) is 5.85. The molecule has 0 atom stereocenters. The van der Waals surface area contributed by atoms with E-state index in [0.717, 1.165) is 11.3 Å². The Hall–Kier alpha value is -1.31. The standard InChI is InChI=1S/C12H18N4O.HI/c1-9-5-4-6-10(7-9)15-12(13)14-8-11(17)16(2)3;/h4-7H,8H2,1-3H3,(H3,13,14,15);1H. The Kier molecular flexibility index (Phi) is 7.33. The van der Waals surface area contributed by atoms with Crippen LogP contribution >= 0.6 is 24.0 Å². The highest BCUT2D eigenvalue weighted by Gasteiger charge is 2.02. The maximum atomic E-state index is 11.3. The summed E-state index contributed by atoms with van der Waals surface area (Å²) in [7, 11) is 3.37. The monoisotopic (exact) mass is 362 g/mol. The van der Waals surface area contributed by atoms with Crippen LogP contribution in [0.25, 0.3) is 0 Å². The second-order valence-corrected chi connectivity index (χ2v) is 3.98. The molecule has 0 saturated carbocycles. The fourth-order valence-electron chi connectivity index (χ4n) is 1.20. The highest BCUT2D eigenvalue weighted by molar-refractivity contribution is 14.0. The van der Waals surface area contributed by atoms with E-state index in [9.17, 15) is 4.79 Å². The topological polar surface area (TPSA) is 70.7 Å². The molecule has 5 nitrogen and oxygen atoms in total. The lowest BCUT2D eigenvalue weighted by molar-refractivity contribution is -0.127. The zero-order valence-corrected chi connectivity index (χ0v) is 13.1. The number of nitrogens with one attached hydrogen (secondary N) is 1. The largest absolute Gasteiger partial charge is 0.370 e. The van der Waals surface area contributed by atoms with Gasteiger partial charge in [0.25, 0.3) is 0 Å². The van der Waals surface area contributed by atoms with E-state index in [4.69, 9.17) is 5.73 Å². The van der Waals surface area contributed by atoms with Crippen LogP contribution in [0.3, 0.4) is 0 Å². The molecule has 0 aliphatic heterocycles. The molecule has 1 aromatic rings. The first-order valence-corrected chi connectivity index (χ1v) is 5.33. The van der Waals surface area contributed by atoms with Gasteiger partial charge in [0, 0.05) is 19.8 Å². The molecule has 0 aliphatic rings. The first kappa shape index (κ1) is 16.7. The third-order valence-electron chi connectivity index (χ3n) is 2.17. The summed E-state index contributed by atoms with van der Waals surface area (Å²) in [6, 6.07) is 7.77. The minimum atomic E-state index is -0.0843. The first-order valence-electron chi connectivity index (χ1n) is 5.33. The number of halogens is 1. The summed E-state index contributed by atoms with van der Waals surface area (Å²) in [5.41, 5.74) is 7.67. The molecule has 1 aromatic carbocycles. The smallest absolute Gasteiger partial charge is 0.243 e. The highest BCUT2D eigenvalue weighted by atomic mass is 127. The van der Waals surface area contributed by atoms with Gasteiger partial charge in [0.05, 0.1) is 0 Å². The summed E-state index contributed by atoms with van der Waals surface area (Å²) in [5, 5.41) is 2.93. The number of hydrogen-bond donors (Lipinski definition) is 2. The fraction of sp³-hybridized carbons (Fsp3) is 0.333. The average Bonchev–Trinajstić information content (AvgIpc) is 2.25. The number of carbonyl (C=O) groups excluding carboxylic acids is 1. The van der Waals surface area contributed by atoms with E-state index in [2.05, 4.69) is 10.3 Å². The van der Waals surface area contributed by atoms with Crippen molar-refractivity contribution >= 4 is 41.5 Å². The van der Waals surface area contributed by atoms with Crippen molar-refractivity contribution in [3.63, 3.8) is 0 Å². The number of carbonyl (C=O) groups is 1. The summed E-state index contributed by atoms with van der Waals surface area (Å²) in [4.78, 5) is 16.7. The average molecular weight is 362 g/mol. The van der Waals surface area contributed by atoms with Crippen LogP contribution in [0.5, 0.6) is 0 Å². The number of guanidine groups is 1. The van der Waals surface area contributed by atoms with Crippen LogP contribution in [0.2, 0.25) is 0 Å². The van der Waals surface area contributed by atoms with E-state index in [1.165, 1.54) is 4.90 Å². The molecule has 0 bridgehead atoms. The summed E-state index contributed by atoms with van der Waals surface area (Å²) in [6.07, 6.45) is 0. The number of anilines is 1. The summed E-state index contributed by atoms with van der Waals surface area (Å²) < 4.78 is 0. The molecule has 0 spiro atoms. The van der Waals surface area contributed by atoms with E-state index in [-0.39, 0.29) is 42.4 Å². The van der Waals surface area contributed by atoms with Gasteiger partial charge in [0.1, 0.15) is 6.54 Å². The van der Waals surface area contributed by atoms with Gasteiger partial charge in [0.15, 0.2) is 5.96 Å². The van der Waals surface area contributed by atoms with Crippen molar-refractivity contribution < 1.29 is 4.79 Å². The Labute approximate surface area is 124 Å². The second kappa shape index (κ2) is 7.91. The van der Waals surface area contributed by atoms with E-state index >= 15 is 0 Å². The van der Waals surface area contributed by atoms with Crippen LogP contribution in [0, 0.1) is 6.92 Å². The summed E-state index contributed by atoms with van der Waals surface area (Å²) in [5.74, 6) is 0.157. The van der Waals surface area contributed by atoms with Crippen LogP contribution in [0.1, 0.15) is 5.56 Å². The van der Waals surface area contributed by atoms with E-state index < -0.39 is 0 Å². The van der Waals surface area contributed by atoms with Crippen LogP contribution in [-0.4, -0.2) is 37.4 Å². The van der Waals surface area contributed by atoms with Gasteiger partial charge >= 0.3 is 0 Å². The molecule has 0 aliphatic carbocycles. The predicted octanol–water partition coefficient (Wildman–Crippen LogP) is 1.43. The molecule has 0 unspecified atom stereocenters. The van der Waals surface area contributed by atoms with Crippen LogP contribution in [0.15, 0.2) is 29.3 Å². The van der Waals surface area contributed by atoms with E-state index in [1.807, 2.05) is 31.2 Å². The summed E-state index contributed by atoms with van der Waals surface area (Å²) in [6.45, 7) is 2.05. The van der Waals surface area contributed by atoms with E-state index in [1.54, 1.807) is 14.1 Å². The fourth-order valence-corrected chi connectivity index (χ4v) is 1.20. The minimum Gasteiger partial charge on any atom is -0.370 e. The number of benzene rings is 1. The SMILES string of the molecule is Cc1cccc(NC(N)=NCC(=O)N(C)C)c1.I. The van der Waals surface area contributed by atoms with Crippen molar-refractivity contribution in [3.8, 4) is 0 Å². The molecule has 18 heavy (non-hydrogen) atoms. The van der Waals surface area contributed by atoms with Crippen LogP contribution < -0.4 is 11.1 Å². The van der Waals surface area contributed by atoms with Gasteiger partial charge in [0.2, 0.25) is 5.91 Å². The van der Waals surface area contributed by atoms with Gasteiger partial charge in [-0.15, -0.1) is 24.0 Å². The molecule has 100 valence electrons. The quantitative estimate of drug-likeness (QED) is 0.486. The van der Waals surface area contributed by atoms with Gasteiger partial charge in [-0.25, -0.2) is 4.99 Å². The number of likely N-dealkylation sites (N-methyl/N-ethyl adjacent to an activating group) is 1. The van der Waals surface area contributed by atoms with Gasteiger partial charge in [-0.3, -0.25) is 4.79 Å². The molecule has 0 fully saturated rings. The molecule has 1 amide bonds. The molecule has 3 N–H and O–H groups in total. The Balaban J connectivity index is 0.00000289. The molecule has 0 radical (unpaired) electrons. The Morgan fingerprint density at radius 2 is 2.11 bits per heavy atom. The van der Waals surface area contributed by atoms with E-state index in [0.29, 0.717) is 0 Å². The van der Waals surface area contributed by atoms with Gasteiger partial charge < -0.3 is 16.0 Å². The predicted molar refractivity (Wildman–Crippen MR) is 85.4 cm³/mol. The number of aryl methyl sites for hydroxylation is 1. The van der Waals surface area contributed by atoms with Gasteiger partial charge in [-0.05, 0) is 24.6 Å². The maximum Gasteiger partial charge on any atom is 0.243 e. The number of hydrogen-bond acceptors (Lipinski definition) is 2. The van der Waals surface area contributed by atoms with Gasteiger partial charge in [-0.2, -0.15) is 0 Å². The van der Waals surface area contributed by atoms with Crippen molar-refractivity contribution in [1.29, 1.82) is 0 Å². The highest BCUT2D eigenvalue weighted by Crippen LogP contribution is 2.08. The van der Waals surface area contributed by atoms with Crippen molar-refractivity contribution in [2.45, 2.75) is 6.92 Å². The molecule has 1 rings (SSSR count). The lowest BCUT2D eigenvalue weighted by Gasteiger charge is -2.09. The molecule has 6 heteroatoms. The lowest BCUT2D eigenvalue weighted by Crippen LogP contribution is -2.28. The number of rotatable bonds is 3. The Morgan fingerprint density at radius 1 is 1.44 bits per heavy atom. The lowest BCUT2D eigenvalue weighted by atomic mass is 10.2. The number of nitrogens with two attached hydrogens (primary N) is 1. The molecule has 0 heterocycles. The van der Waals surface area contributed by atoms with Crippen molar-refractivity contribution in [3.05, 3.63) is 29.8 Å². The van der Waals surface area contributed by atoms with Crippen molar-refractivity contribution in [2.75, 3.05) is 26.0 Å². The van der Waals surface area contributed by atoms with Crippen LogP contribution in [0.4, 0.5) is 5.69 Å².